The summed E-state index contributed by atoms with van der Waals surface area (Å²) in [6.07, 6.45) is 1.18. The van der Waals surface area contributed by atoms with Crippen molar-refractivity contribution in [3.8, 4) is 5.75 Å². The van der Waals surface area contributed by atoms with Gasteiger partial charge in [0.2, 0.25) is 0 Å². The molecule has 110 valence electrons. The summed E-state index contributed by atoms with van der Waals surface area (Å²) in [5.41, 5.74) is 2.63. The van der Waals surface area contributed by atoms with Crippen LogP contribution in [-0.4, -0.2) is 50.1 Å². The van der Waals surface area contributed by atoms with Gasteiger partial charge in [-0.3, -0.25) is 15.1 Å². The molecule has 1 saturated heterocycles. The van der Waals surface area contributed by atoms with Crippen molar-refractivity contribution in [2.45, 2.75) is 6.42 Å². The van der Waals surface area contributed by atoms with Crippen LogP contribution in [0, 0.1) is 0 Å². The predicted octanol–water partition coefficient (Wildman–Crippen LogP) is -0.0358. The minimum atomic E-state index is -0.298. The summed E-state index contributed by atoms with van der Waals surface area (Å²) < 4.78 is 5.69. The smallest absolute Gasteiger partial charge is 0.265 e. The van der Waals surface area contributed by atoms with Gasteiger partial charge in [-0.1, -0.05) is 0 Å². The first-order valence-corrected chi connectivity index (χ1v) is 6.96. The molecule has 0 spiro atoms. The summed E-state index contributed by atoms with van der Waals surface area (Å²) in [5, 5.41) is 3.38. The van der Waals surface area contributed by atoms with Crippen molar-refractivity contribution in [1.82, 2.24) is 15.6 Å². The van der Waals surface area contributed by atoms with Crippen LogP contribution in [0.5, 0.6) is 5.75 Å². The maximum atomic E-state index is 11.3. The molecule has 1 aliphatic heterocycles. The fourth-order valence-corrected chi connectivity index (χ4v) is 2.20. The topological polar surface area (TPSA) is 79.6 Å². The first-order chi connectivity index (χ1) is 9.79. The van der Waals surface area contributed by atoms with E-state index in [-0.39, 0.29) is 5.91 Å². The molecule has 0 bridgehead atoms. The van der Waals surface area contributed by atoms with Gasteiger partial charge in [0.25, 0.3) is 5.91 Å². The Morgan fingerprint density at radius 1 is 1.30 bits per heavy atom. The lowest BCUT2D eigenvalue weighted by Crippen LogP contribution is -2.31. The van der Waals surface area contributed by atoms with Crippen molar-refractivity contribution in [3.05, 3.63) is 29.8 Å². The predicted molar refractivity (Wildman–Crippen MR) is 77.5 cm³/mol. The average Bonchev–Trinajstić information content (AvgIpc) is 2.76. The Labute approximate surface area is 119 Å². The first-order valence-electron chi connectivity index (χ1n) is 6.96. The summed E-state index contributed by atoms with van der Waals surface area (Å²) in [4.78, 5) is 13.7. The number of ether oxygens (including phenoxy) is 1. The molecular formula is C14H22N4O2. The van der Waals surface area contributed by atoms with Crippen LogP contribution in [0.4, 0.5) is 0 Å². The van der Waals surface area contributed by atoms with Crippen molar-refractivity contribution in [2.75, 3.05) is 39.3 Å². The molecule has 20 heavy (non-hydrogen) atoms. The molecule has 0 radical (unpaired) electrons. The lowest BCUT2D eigenvalue weighted by atomic mass is 10.2. The first kappa shape index (κ1) is 14.8. The van der Waals surface area contributed by atoms with Crippen LogP contribution >= 0.6 is 0 Å². The molecule has 6 heteroatoms. The molecule has 0 unspecified atom stereocenters. The number of nitrogens with one attached hydrogen (secondary N) is 2. The van der Waals surface area contributed by atoms with Crippen LogP contribution in [0.15, 0.2) is 24.3 Å². The Bertz CT molecular complexity index is 414. The van der Waals surface area contributed by atoms with E-state index in [4.69, 9.17) is 10.6 Å². The van der Waals surface area contributed by atoms with E-state index in [1.54, 1.807) is 24.3 Å². The van der Waals surface area contributed by atoms with E-state index < -0.39 is 0 Å². The molecule has 2 rings (SSSR count). The SMILES string of the molecule is NNC(=O)c1ccc(OCCN2CCCNCC2)cc1. The van der Waals surface area contributed by atoms with Crippen molar-refractivity contribution in [3.63, 3.8) is 0 Å². The van der Waals surface area contributed by atoms with E-state index in [0.29, 0.717) is 12.2 Å². The fraction of sp³-hybridized carbons (Fsp3) is 0.500. The molecule has 1 aromatic carbocycles. The summed E-state index contributed by atoms with van der Waals surface area (Å²) in [7, 11) is 0. The van der Waals surface area contributed by atoms with E-state index >= 15 is 0 Å². The number of nitrogen functional groups attached to an aromatic ring is 1. The highest BCUT2D eigenvalue weighted by atomic mass is 16.5. The molecule has 6 nitrogen and oxygen atoms in total. The fourth-order valence-electron chi connectivity index (χ4n) is 2.20. The van der Waals surface area contributed by atoms with E-state index in [0.717, 1.165) is 38.5 Å². The summed E-state index contributed by atoms with van der Waals surface area (Å²) in [6.45, 7) is 5.91. The number of hydrazine groups is 1. The molecule has 4 N–H and O–H groups in total. The number of hydrogen-bond donors (Lipinski definition) is 3. The van der Waals surface area contributed by atoms with Crippen LogP contribution in [0.2, 0.25) is 0 Å². The van der Waals surface area contributed by atoms with Gasteiger partial charge >= 0.3 is 0 Å². The Morgan fingerprint density at radius 3 is 2.85 bits per heavy atom. The van der Waals surface area contributed by atoms with Gasteiger partial charge in [0.05, 0.1) is 0 Å². The average molecular weight is 278 g/mol. The van der Waals surface area contributed by atoms with Gasteiger partial charge in [-0.25, -0.2) is 5.84 Å². The van der Waals surface area contributed by atoms with Crippen LogP contribution in [-0.2, 0) is 0 Å². The van der Waals surface area contributed by atoms with Gasteiger partial charge in [0.1, 0.15) is 12.4 Å². The molecular weight excluding hydrogens is 256 g/mol. The third kappa shape index (κ3) is 4.48. The van der Waals surface area contributed by atoms with Gasteiger partial charge in [-0.05, 0) is 43.8 Å². The van der Waals surface area contributed by atoms with Crippen LogP contribution in [0.1, 0.15) is 16.8 Å². The van der Waals surface area contributed by atoms with E-state index in [1.807, 2.05) is 0 Å². The van der Waals surface area contributed by atoms with Gasteiger partial charge in [-0.2, -0.15) is 0 Å². The maximum Gasteiger partial charge on any atom is 0.265 e. The summed E-state index contributed by atoms with van der Waals surface area (Å²) in [6, 6.07) is 6.98. The Kier molecular flexibility index (Phi) is 5.79. The minimum Gasteiger partial charge on any atom is -0.492 e. The summed E-state index contributed by atoms with van der Waals surface area (Å²) >= 11 is 0. The van der Waals surface area contributed by atoms with E-state index in [2.05, 4.69) is 15.6 Å². The molecule has 1 fully saturated rings. The molecule has 1 amide bonds. The highest BCUT2D eigenvalue weighted by Gasteiger charge is 2.08. The van der Waals surface area contributed by atoms with Crippen LogP contribution < -0.4 is 21.3 Å². The second-order valence-electron chi connectivity index (χ2n) is 4.79. The minimum absolute atomic E-state index is 0.298. The third-order valence-corrected chi connectivity index (χ3v) is 3.36. The van der Waals surface area contributed by atoms with Crippen molar-refractivity contribution >= 4 is 5.91 Å². The molecule has 0 aromatic heterocycles. The normalized spacial score (nSPS) is 16.4. The van der Waals surface area contributed by atoms with Gasteiger partial charge in [-0.15, -0.1) is 0 Å². The number of nitrogens with two attached hydrogens (primary N) is 1. The molecule has 1 aromatic rings. The third-order valence-electron chi connectivity index (χ3n) is 3.36. The zero-order valence-corrected chi connectivity index (χ0v) is 11.6. The zero-order valence-electron chi connectivity index (χ0n) is 11.6. The number of rotatable bonds is 5. The van der Waals surface area contributed by atoms with Crippen molar-refractivity contribution in [1.29, 1.82) is 0 Å². The highest BCUT2D eigenvalue weighted by molar-refractivity contribution is 5.93. The number of carbonyl (C=O) groups excluding carboxylic acids is 1. The summed E-state index contributed by atoms with van der Waals surface area (Å²) in [5.74, 6) is 5.55. The standard InChI is InChI=1S/C14H22N4O2/c15-17-14(19)12-2-4-13(5-3-12)20-11-10-18-8-1-6-16-7-9-18/h2-5,16H,1,6-11,15H2,(H,17,19). The second kappa shape index (κ2) is 7.84. The quantitative estimate of drug-likeness (QED) is 0.400. The molecule has 0 saturated carbocycles. The molecule has 1 aliphatic rings. The highest BCUT2D eigenvalue weighted by Crippen LogP contribution is 2.12. The van der Waals surface area contributed by atoms with E-state index in [9.17, 15) is 4.79 Å². The van der Waals surface area contributed by atoms with Gasteiger partial charge in [0.15, 0.2) is 0 Å². The number of nitrogens with zero attached hydrogens (tertiary/aromatic N) is 1. The zero-order chi connectivity index (χ0) is 14.2. The Hall–Kier alpha value is -1.63. The van der Waals surface area contributed by atoms with Crippen LogP contribution in [0.3, 0.4) is 0 Å². The monoisotopic (exact) mass is 278 g/mol. The second-order valence-corrected chi connectivity index (χ2v) is 4.79. The number of amides is 1. The largest absolute Gasteiger partial charge is 0.492 e. The van der Waals surface area contributed by atoms with Crippen molar-refractivity contribution < 1.29 is 9.53 Å². The number of hydrogen-bond acceptors (Lipinski definition) is 5. The molecule has 1 heterocycles. The number of benzene rings is 1. The van der Waals surface area contributed by atoms with Gasteiger partial charge < -0.3 is 10.1 Å². The van der Waals surface area contributed by atoms with E-state index in [1.165, 1.54) is 6.42 Å². The van der Waals surface area contributed by atoms with Crippen molar-refractivity contribution in [2.24, 2.45) is 5.84 Å². The molecule has 0 atom stereocenters. The molecule has 0 aliphatic carbocycles. The van der Waals surface area contributed by atoms with Crippen LogP contribution in [0.25, 0.3) is 0 Å². The lowest BCUT2D eigenvalue weighted by molar-refractivity contribution is 0.0953. The lowest BCUT2D eigenvalue weighted by Gasteiger charge is -2.19. The number of carbonyl (C=O) groups is 1. The van der Waals surface area contributed by atoms with Gasteiger partial charge in [0, 0.05) is 25.2 Å². The Balaban J connectivity index is 1.74. The Morgan fingerprint density at radius 2 is 2.10 bits per heavy atom. The maximum absolute atomic E-state index is 11.3.